The van der Waals surface area contributed by atoms with Crippen molar-refractivity contribution in [3.63, 3.8) is 0 Å². The van der Waals surface area contributed by atoms with Crippen molar-refractivity contribution in [1.82, 2.24) is 10.3 Å². The van der Waals surface area contributed by atoms with Crippen molar-refractivity contribution >= 4 is 11.7 Å². The van der Waals surface area contributed by atoms with Crippen LogP contribution < -0.4 is 14.8 Å². The Morgan fingerprint density at radius 3 is 2.40 bits per heavy atom. The van der Waals surface area contributed by atoms with Crippen molar-refractivity contribution in [2.75, 3.05) is 20.8 Å². The largest absolute Gasteiger partial charge is 0.493 e. The predicted molar refractivity (Wildman–Crippen MR) is 74.1 cm³/mol. The Bertz CT molecular complexity index is 506. The first kappa shape index (κ1) is 15.9. The highest BCUT2D eigenvalue weighted by Gasteiger charge is 2.23. The Balaban J connectivity index is 2.86. The minimum atomic E-state index is -0.501. The average molecular weight is 280 g/mol. The molecule has 1 N–H and O–H groups in total. The maximum absolute atomic E-state index is 12.1. The molecule has 0 saturated heterocycles. The van der Waals surface area contributed by atoms with Gasteiger partial charge in [0.25, 0.3) is 5.91 Å². The molecule has 0 saturated carbocycles. The molecule has 6 heteroatoms. The van der Waals surface area contributed by atoms with Crippen LogP contribution in [0.15, 0.2) is 12.3 Å². The molecule has 0 aromatic carbocycles. The predicted octanol–water partition coefficient (Wildman–Crippen LogP) is 1.44. The number of carbonyl (C=O) groups excluding carboxylic acids is 2. The fraction of sp³-hybridized carbons (Fsp3) is 0.500. The number of hydrogen-bond acceptors (Lipinski definition) is 5. The standard InChI is InChI=1S/C14H20N2O4/c1-14(2,3)10(17)8-16-13(18)11-12(20-5)9(19-4)6-7-15-11/h6-7H,8H2,1-5H3,(H,16,18). The number of aromatic nitrogens is 1. The lowest BCUT2D eigenvalue weighted by atomic mass is 9.91. The summed E-state index contributed by atoms with van der Waals surface area (Å²) in [5.41, 5.74) is -0.410. The number of nitrogens with zero attached hydrogens (tertiary/aromatic N) is 1. The van der Waals surface area contributed by atoms with Crippen LogP contribution >= 0.6 is 0 Å². The molecule has 0 fully saturated rings. The highest BCUT2D eigenvalue weighted by Crippen LogP contribution is 2.28. The van der Waals surface area contributed by atoms with Gasteiger partial charge in [0, 0.05) is 17.7 Å². The van der Waals surface area contributed by atoms with Gasteiger partial charge in [0.2, 0.25) is 0 Å². The van der Waals surface area contributed by atoms with E-state index in [0.717, 1.165) is 0 Å². The molecule has 0 aliphatic rings. The van der Waals surface area contributed by atoms with E-state index < -0.39 is 11.3 Å². The van der Waals surface area contributed by atoms with Crippen molar-refractivity contribution in [1.29, 1.82) is 0 Å². The number of ether oxygens (including phenoxy) is 2. The first-order chi connectivity index (χ1) is 9.31. The van der Waals surface area contributed by atoms with E-state index in [4.69, 9.17) is 9.47 Å². The zero-order chi connectivity index (χ0) is 15.3. The van der Waals surface area contributed by atoms with Gasteiger partial charge in [-0.2, -0.15) is 0 Å². The molecule has 1 amide bonds. The van der Waals surface area contributed by atoms with Gasteiger partial charge in [0.1, 0.15) is 0 Å². The van der Waals surface area contributed by atoms with Crippen LogP contribution in [-0.4, -0.2) is 37.4 Å². The first-order valence-electron chi connectivity index (χ1n) is 6.19. The highest BCUT2D eigenvalue weighted by atomic mass is 16.5. The molecule has 20 heavy (non-hydrogen) atoms. The van der Waals surface area contributed by atoms with E-state index in [0.29, 0.717) is 5.75 Å². The summed E-state index contributed by atoms with van der Waals surface area (Å²) in [6, 6.07) is 1.59. The number of nitrogens with one attached hydrogen (secondary N) is 1. The molecule has 1 aromatic rings. The minimum absolute atomic E-state index is 0.0512. The van der Waals surface area contributed by atoms with E-state index in [9.17, 15) is 9.59 Å². The van der Waals surface area contributed by atoms with Gasteiger partial charge in [-0.15, -0.1) is 0 Å². The molecular formula is C14H20N2O4. The number of Topliss-reactive ketones (excluding diaryl/α,β-unsaturated/α-hetero) is 1. The van der Waals surface area contributed by atoms with Crippen LogP contribution in [0.1, 0.15) is 31.3 Å². The Morgan fingerprint density at radius 2 is 1.90 bits per heavy atom. The van der Waals surface area contributed by atoms with E-state index in [-0.39, 0.29) is 23.8 Å². The van der Waals surface area contributed by atoms with E-state index in [1.807, 2.05) is 0 Å². The third kappa shape index (κ3) is 3.69. The molecule has 110 valence electrons. The summed E-state index contributed by atoms with van der Waals surface area (Å²) in [5, 5.41) is 2.54. The number of hydrogen-bond donors (Lipinski definition) is 1. The molecule has 0 atom stereocenters. The van der Waals surface area contributed by atoms with Crippen LogP contribution in [0.5, 0.6) is 11.5 Å². The third-order valence-electron chi connectivity index (χ3n) is 2.75. The highest BCUT2D eigenvalue weighted by molar-refractivity contribution is 5.98. The van der Waals surface area contributed by atoms with Gasteiger partial charge < -0.3 is 14.8 Å². The number of ketones is 1. The minimum Gasteiger partial charge on any atom is -0.493 e. The maximum Gasteiger partial charge on any atom is 0.274 e. The molecule has 6 nitrogen and oxygen atoms in total. The molecular weight excluding hydrogens is 260 g/mol. The fourth-order valence-electron chi connectivity index (χ4n) is 1.46. The van der Waals surface area contributed by atoms with Gasteiger partial charge in [0.15, 0.2) is 23.0 Å². The summed E-state index contributed by atoms with van der Waals surface area (Å²) < 4.78 is 10.2. The van der Waals surface area contributed by atoms with Gasteiger partial charge in [0.05, 0.1) is 20.8 Å². The second-order valence-corrected chi connectivity index (χ2v) is 5.25. The van der Waals surface area contributed by atoms with Crippen LogP contribution in [0.25, 0.3) is 0 Å². The normalized spacial score (nSPS) is 10.8. The zero-order valence-electron chi connectivity index (χ0n) is 12.4. The van der Waals surface area contributed by atoms with E-state index in [1.54, 1.807) is 26.8 Å². The average Bonchev–Trinajstić information content (AvgIpc) is 2.42. The Morgan fingerprint density at radius 1 is 1.25 bits per heavy atom. The van der Waals surface area contributed by atoms with E-state index >= 15 is 0 Å². The lowest BCUT2D eigenvalue weighted by Gasteiger charge is -2.17. The van der Waals surface area contributed by atoms with Gasteiger partial charge >= 0.3 is 0 Å². The van der Waals surface area contributed by atoms with Crippen LogP contribution in [0.2, 0.25) is 0 Å². The molecule has 0 aliphatic carbocycles. The first-order valence-corrected chi connectivity index (χ1v) is 6.19. The van der Waals surface area contributed by atoms with E-state index in [1.165, 1.54) is 20.4 Å². The number of amides is 1. The second-order valence-electron chi connectivity index (χ2n) is 5.25. The molecule has 1 aromatic heterocycles. The summed E-state index contributed by atoms with van der Waals surface area (Å²) >= 11 is 0. The quantitative estimate of drug-likeness (QED) is 0.883. The lowest BCUT2D eigenvalue weighted by molar-refractivity contribution is -0.125. The van der Waals surface area contributed by atoms with Gasteiger partial charge in [-0.25, -0.2) is 4.98 Å². The number of methoxy groups -OCH3 is 2. The fourth-order valence-corrected chi connectivity index (χ4v) is 1.46. The SMILES string of the molecule is COc1ccnc(C(=O)NCC(=O)C(C)(C)C)c1OC. The summed E-state index contributed by atoms with van der Waals surface area (Å²) in [5.74, 6) is 0.122. The van der Waals surface area contributed by atoms with Crippen molar-refractivity contribution in [2.45, 2.75) is 20.8 Å². The zero-order valence-corrected chi connectivity index (χ0v) is 12.4. The van der Waals surface area contributed by atoms with Crippen LogP contribution in [0, 0.1) is 5.41 Å². The Kier molecular flexibility index (Phi) is 5.07. The van der Waals surface area contributed by atoms with Gasteiger partial charge in [-0.3, -0.25) is 9.59 Å². The number of rotatable bonds is 5. The summed E-state index contributed by atoms with van der Waals surface area (Å²) in [6.45, 7) is 5.34. The second kappa shape index (κ2) is 6.36. The van der Waals surface area contributed by atoms with Crippen molar-refractivity contribution < 1.29 is 19.1 Å². The molecule has 0 bridgehead atoms. The molecule has 1 heterocycles. The summed E-state index contributed by atoms with van der Waals surface area (Å²) in [7, 11) is 2.90. The van der Waals surface area contributed by atoms with Gasteiger partial charge in [-0.05, 0) is 0 Å². The summed E-state index contributed by atoms with van der Waals surface area (Å²) in [4.78, 5) is 27.8. The monoisotopic (exact) mass is 280 g/mol. The van der Waals surface area contributed by atoms with Crippen molar-refractivity contribution in [3.05, 3.63) is 18.0 Å². The van der Waals surface area contributed by atoms with Crippen molar-refractivity contribution in [3.8, 4) is 11.5 Å². The smallest absolute Gasteiger partial charge is 0.274 e. The number of carbonyl (C=O) groups is 2. The lowest BCUT2D eigenvalue weighted by Crippen LogP contribution is -2.36. The van der Waals surface area contributed by atoms with Crippen LogP contribution in [-0.2, 0) is 4.79 Å². The maximum atomic E-state index is 12.1. The van der Waals surface area contributed by atoms with Crippen molar-refractivity contribution in [2.24, 2.45) is 5.41 Å². The van der Waals surface area contributed by atoms with Gasteiger partial charge in [-0.1, -0.05) is 20.8 Å². The Labute approximate surface area is 118 Å². The van der Waals surface area contributed by atoms with Crippen LogP contribution in [0.3, 0.4) is 0 Å². The molecule has 1 rings (SSSR count). The Hall–Kier alpha value is -2.11. The number of pyridine rings is 1. The molecule has 0 aliphatic heterocycles. The molecule has 0 spiro atoms. The molecule has 0 unspecified atom stereocenters. The molecule has 0 radical (unpaired) electrons. The third-order valence-corrected chi connectivity index (χ3v) is 2.75. The topological polar surface area (TPSA) is 77.5 Å². The van der Waals surface area contributed by atoms with Crippen LogP contribution in [0.4, 0.5) is 0 Å². The van der Waals surface area contributed by atoms with E-state index in [2.05, 4.69) is 10.3 Å². The summed E-state index contributed by atoms with van der Waals surface area (Å²) in [6.07, 6.45) is 1.45.